The van der Waals surface area contributed by atoms with Crippen LogP contribution in [0.5, 0.6) is 5.75 Å². The lowest BCUT2D eigenvalue weighted by atomic mass is 10.2. The smallest absolute Gasteiger partial charge is 0.225 e. The maximum absolute atomic E-state index is 9.14. The molecule has 5 heteroatoms. The molecule has 0 amide bonds. The van der Waals surface area contributed by atoms with E-state index in [0.29, 0.717) is 19.0 Å². The lowest BCUT2D eigenvalue weighted by molar-refractivity contribution is 0.300. The van der Waals surface area contributed by atoms with E-state index < -0.39 is 0 Å². The van der Waals surface area contributed by atoms with Crippen molar-refractivity contribution in [3.8, 4) is 5.75 Å². The molecular formula is C14H17N3O2. The lowest BCUT2D eigenvalue weighted by Crippen LogP contribution is -2.27. The average molecular weight is 259 g/mol. The van der Waals surface area contributed by atoms with Crippen LogP contribution in [0, 0.1) is 0 Å². The Hall–Kier alpha value is -2.14. The highest BCUT2D eigenvalue weighted by atomic mass is 16.5. The molecule has 0 aliphatic carbocycles. The van der Waals surface area contributed by atoms with Gasteiger partial charge in [0.2, 0.25) is 5.95 Å². The maximum Gasteiger partial charge on any atom is 0.225 e. The number of aliphatic hydroxyl groups is 1. The Morgan fingerprint density at radius 3 is 2.42 bits per heavy atom. The van der Waals surface area contributed by atoms with Gasteiger partial charge in [0.1, 0.15) is 5.75 Å². The molecule has 19 heavy (non-hydrogen) atoms. The first-order chi connectivity index (χ1) is 9.33. The molecule has 2 rings (SSSR count). The second kappa shape index (κ2) is 6.70. The Balaban J connectivity index is 2.11. The largest absolute Gasteiger partial charge is 0.497 e. The van der Waals surface area contributed by atoms with Gasteiger partial charge in [0, 0.05) is 25.5 Å². The summed E-state index contributed by atoms with van der Waals surface area (Å²) in [7, 11) is 1.64. The third-order valence-electron chi connectivity index (χ3n) is 2.74. The number of methoxy groups -OCH3 is 1. The van der Waals surface area contributed by atoms with Crippen LogP contribution in [0.15, 0.2) is 42.7 Å². The van der Waals surface area contributed by atoms with Gasteiger partial charge in [0.15, 0.2) is 0 Å². The summed E-state index contributed by atoms with van der Waals surface area (Å²) in [6.45, 7) is 1.21. The van der Waals surface area contributed by atoms with Crippen molar-refractivity contribution in [3.05, 3.63) is 48.3 Å². The number of hydrogen-bond acceptors (Lipinski definition) is 5. The van der Waals surface area contributed by atoms with E-state index in [1.54, 1.807) is 25.6 Å². The van der Waals surface area contributed by atoms with Gasteiger partial charge in [-0.15, -0.1) is 0 Å². The number of anilines is 1. The molecule has 0 fully saturated rings. The van der Waals surface area contributed by atoms with Crippen LogP contribution >= 0.6 is 0 Å². The van der Waals surface area contributed by atoms with E-state index in [4.69, 9.17) is 9.84 Å². The van der Waals surface area contributed by atoms with Crippen molar-refractivity contribution < 1.29 is 9.84 Å². The quantitative estimate of drug-likeness (QED) is 0.851. The van der Waals surface area contributed by atoms with E-state index in [1.165, 1.54) is 0 Å². The minimum atomic E-state index is 0.0639. The van der Waals surface area contributed by atoms with E-state index >= 15 is 0 Å². The van der Waals surface area contributed by atoms with Gasteiger partial charge in [0.05, 0.1) is 13.7 Å². The van der Waals surface area contributed by atoms with Crippen molar-refractivity contribution in [2.45, 2.75) is 6.54 Å². The van der Waals surface area contributed by atoms with Crippen molar-refractivity contribution in [3.63, 3.8) is 0 Å². The molecule has 100 valence electrons. The van der Waals surface area contributed by atoms with Crippen molar-refractivity contribution in [2.75, 3.05) is 25.2 Å². The fourth-order valence-corrected chi connectivity index (χ4v) is 1.78. The van der Waals surface area contributed by atoms with Crippen LogP contribution in [0.3, 0.4) is 0 Å². The third kappa shape index (κ3) is 3.66. The number of nitrogens with zero attached hydrogens (tertiary/aromatic N) is 3. The topological polar surface area (TPSA) is 58.5 Å². The molecule has 0 radical (unpaired) electrons. The molecule has 1 aromatic carbocycles. The van der Waals surface area contributed by atoms with E-state index in [1.807, 2.05) is 29.2 Å². The molecule has 1 N–H and O–H groups in total. The highest BCUT2D eigenvalue weighted by molar-refractivity contribution is 5.33. The van der Waals surface area contributed by atoms with Gasteiger partial charge in [-0.25, -0.2) is 9.97 Å². The van der Waals surface area contributed by atoms with Crippen LogP contribution in [0.4, 0.5) is 5.95 Å². The van der Waals surface area contributed by atoms with Gasteiger partial charge < -0.3 is 14.7 Å². The molecule has 1 aromatic heterocycles. The van der Waals surface area contributed by atoms with Crippen molar-refractivity contribution in [1.29, 1.82) is 0 Å². The summed E-state index contributed by atoms with van der Waals surface area (Å²) >= 11 is 0. The summed E-state index contributed by atoms with van der Waals surface area (Å²) in [6.07, 6.45) is 3.39. The monoisotopic (exact) mass is 259 g/mol. The summed E-state index contributed by atoms with van der Waals surface area (Å²) < 4.78 is 5.13. The first-order valence-corrected chi connectivity index (χ1v) is 6.09. The lowest BCUT2D eigenvalue weighted by Gasteiger charge is -2.21. The summed E-state index contributed by atoms with van der Waals surface area (Å²) in [4.78, 5) is 10.3. The minimum absolute atomic E-state index is 0.0639. The molecule has 0 saturated carbocycles. The van der Waals surface area contributed by atoms with Crippen molar-refractivity contribution in [2.24, 2.45) is 0 Å². The van der Waals surface area contributed by atoms with Crippen LogP contribution in [0.25, 0.3) is 0 Å². The van der Waals surface area contributed by atoms with Crippen LogP contribution in [0.1, 0.15) is 5.56 Å². The SMILES string of the molecule is COc1ccc(CN(CCO)c2ncccn2)cc1. The minimum Gasteiger partial charge on any atom is -0.497 e. The van der Waals surface area contributed by atoms with Crippen LogP contribution in [0.2, 0.25) is 0 Å². The molecule has 0 aliphatic heterocycles. The molecule has 0 bridgehead atoms. The van der Waals surface area contributed by atoms with Gasteiger partial charge in [-0.2, -0.15) is 0 Å². The molecule has 0 spiro atoms. The number of hydrogen-bond donors (Lipinski definition) is 1. The highest BCUT2D eigenvalue weighted by Crippen LogP contribution is 2.15. The Morgan fingerprint density at radius 2 is 1.84 bits per heavy atom. The first-order valence-electron chi connectivity index (χ1n) is 6.09. The molecular weight excluding hydrogens is 242 g/mol. The number of ether oxygens (including phenoxy) is 1. The normalized spacial score (nSPS) is 10.2. The zero-order valence-electron chi connectivity index (χ0n) is 10.9. The number of benzene rings is 1. The standard InChI is InChI=1S/C14H17N3O2/c1-19-13-5-3-12(4-6-13)11-17(9-10-18)14-15-7-2-8-16-14/h2-8,18H,9-11H2,1H3. The average Bonchev–Trinajstić information content (AvgIpc) is 2.48. The van der Waals surface area contributed by atoms with E-state index in [2.05, 4.69) is 9.97 Å². The molecule has 2 aromatic rings. The Labute approximate surface area is 112 Å². The van der Waals surface area contributed by atoms with Gasteiger partial charge in [0.25, 0.3) is 0 Å². The van der Waals surface area contributed by atoms with E-state index in [0.717, 1.165) is 11.3 Å². The zero-order chi connectivity index (χ0) is 13.5. The third-order valence-corrected chi connectivity index (χ3v) is 2.74. The summed E-state index contributed by atoms with van der Waals surface area (Å²) in [6, 6.07) is 9.59. The zero-order valence-corrected chi connectivity index (χ0v) is 10.9. The molecule has 0 unspecified atom stereocenters. The summed E-state index contributed by atoms with van der Waals surface area (Å²) in [5.74, 6) is 1.45. The van der Waals surface area contributed by atoms with Crippen LogP contribution in [-0.4, -0.2) is 35.3 Å². The predicted octanol–water partition coefficient (Wildman–Crippen LogP) is 1.48. The number of aliphatic hydroxyl groups excluding tert-OH is 1. The predicted molar refractivity (Wildman–Crippen MR) is 73.2 cm³/mol. The van der Waals surface area contributed by atoms with Crippen molar-refractivity contribution >= 4 is 5.95 Å². The second-order valence-corrected chi connectivity index (χ2v) is 4.04. The summed E-state index contributed by atoms with van der Waals surface area (Å²) in [5, 5.41) is 9.14. The van der Waals surface area contributed by atoms with Gasteiger partial charge in [-0.05, 0) is 23.8 Å². The van der Waals surface area contributed by atoms with Crippen LogP contribution < -0.4 is 9.64 Å². The highest BCUT2D eigenvalue weighted by Gasteiger charge is 2.09. The fourth-order valence-electron chi connectivity index (χ4n) is 1.78. The van der Waals surface area contributed by atoms with Crippen molar-refractivity contribution in [1.82, 2.24) is 9.97 Å². The number of aromatic nitrogens is 2. The molecule has 1 heterocycles. The second-order valence-electron chi connectivity index (χ2n) is 4.04. The maximum atomic E-state index is 9.14. The van der Waals surface area contributed by atoms with Gasteiger partial charge in [-0.3, -0.25) is 0 Å². The van der Waals surface area contributed by atoms with E-state index in [9.17, 15) is 0 Å². The van der Waals surface area contributed by atoms with Gasteiger partial charge >= 0.3 is 0 Å². The van der Waals surface area contributed by atoms with Gasteiger partial charge in [-0.1, -0.05) is 12.1 Å². The molecule has 5 nitrogen and oxygen atoms in total. The number of rotatable bonds is 6. The molecule has 0 aliphatic rings. The Kier molecular flexibility index (Phi) is 4.69. The Bertz CT molecular complexity index is 488. The molecule has 0 atom stereocenters. The molecule has 0 saturated heterocycles. The Morgan fingerprint density at radius 1 is 1.16 bits per heavy atom. The first kappa shape index (κ1) is 13.3. The fraction of sp³-hybridized carbons (Fsp3) is 0.286. The van der Waals surface area contributed by atoms with E-state index in [-0.39, 0.29) is 6.61 Å². The van der Waals surface area contributed by atoms with Crippen LogP contribution in [-0.2, 0) is 6.54 Å². The summed E-state index contributed by atoms with van der Waals surface area (Å²) in [5.41, 5.74) is 1.11.